The first kappa shape index (κ1) is 13.5. The van der Waals surface area contributed by atoms with Crippen LogP contribution in [0.25, 0.3) is 0 Å². The third-order valence-electron chi connectivity index (χ3n) is 3.84. The fourth-order valence-corrected chi connectivity index (χ4v) is 2.46. The van der Waals surface area contributed by atoms with Crippen LogP contribution in [-0.2, 0) is 6.42 Å². The first-order valence-corrected chi connectivity index (χ1v) is 7.15. The molecule has 100 valence electrons. The van der Waals surface area contributed by atoms with E-state index in [2.05, 4.69) is 33.0 Å². The van der Waals surface area contributed by atoms with Gasteiger partial charge in [-0.2, -0.15) is 0 Å². The zero-order chi connectivity index (χ0) is 13.1. The highest BCUT2D eigenvalue weighted by Gasteiger charge is 2.23. The van der Waals surface area contributed by atoms with Gasteiger partial charge in [-0.15, -0.1) is 0 Å². The summed E-state index contributed by atoms with van der Waals surface area (Å²) in [4.78, 5) is 9.43. The first-order valence-electron chi connectivity index (χ1n) is 7.15. The zero-order valence-electron chi connectivity index (χ0n) is 12.1. The fourth-order valence-electron chi connectivity index (χ4n) is 2.46. The summed E-state index contributed by atoms with van der Waals surface area (Å²) in [5.74, 6) is 1.71. The monoisotopic (exact) mass is 247 g/mol. The summed E-state index contributed by atoms with van der Waals surface area (Å²) in [7, 11) is 0. The number of hydrogen-bond acceptors (Lipinski definition) is 3. The lowest BCUT2D eigenvalue weighted by Crippen LogP contribution is -2.26. The van der Waals surface area contributed by atoms with Crippen LogP contribution in [0.15, 0.2) is 0 Å². The third kappa shape index (κ3) is 3.08. The second kappa shape index (κ2) is 5.79. The van der Waals surface area contributed by atoms with E-state index < -0.39 is 0 Å². The Morgan fingerprint density at radius 3 is 2.22 bits per heavy atom. The van der Waals surface area contributed by atoms with Crippen molar-refractivity contribution in [3.63, 3.8) is 0 Å². The van der Waals surface area contributed by atoms with Gasteiger partial charge in [0.2, 0.25) is 0 Å². The summed E-state index contributed by atoms with van der Waals surface area (Å²) >= 11 is 0. The topological polar surface area (TPSA) is 37.8 Å². The molecule has 0 bridgehead atoms. The minimum absolute atomic E-state index is 0.542. The van der Waals surface area contributed by atoms with Crippen LogP contribution in [0.2, 0.25) is 0 Å². The molecule has 1 aromatic heterocycles. The summed E-state index contributed by atoms with van der Waals surface area (Å²) in [6.07, 6.45) is 4.91. The summed E-state index contributed by atoms with van der Waals surface area (Å²) in [5.41, 5.74) is 3.68. The molecule has 1 N–H and O–H groups in total. The molecule has 3 nitrogen and oxygen atoms in total. The van der Waals surface area contributed by atoms with Crippen molar-refractivity contribution in [2.45, 2.75) is 65.3 Å². The van der Waals surface area contributed by atoms with Crippen LogP contribution >= 0.6 is 0 Å². The van der Waals surface area contributed by atoms with Crippen LogP contribution in [-0.4, -0.2) is 22.6 Å². The van der Waals surface area contributed by atoms with Gasteiger partial charge >= 0.3 is 0 Å². The molecular formula is C15H25N3. The van der Waals surface area contributed by atoms with Crippen molar-refractivity contribution in [3.8, 4) is 0 Å². The molecule has 0 unspecified atom stereocenters. The van der Waals surface area contributed by atoms with Crippen molar-refractivity contribution in [2.75, 3.05) is 6.54 Å². The van der Waals surface area contributed by atoms with Crippen LogP contribution in [0.5, 0.6) is 0 Å². The molecule has 0 aromatic carbocycles. The van der Waals surface area contributed by atoms with Gasteiger partial charge in [0.05, 0.1) is 0 Å². The number of nitrogens with one attached hydrogen (secondary N) is 1. The van der Waals surface area contributed by atoms with Crippen molar-refractivity contribution in [3.05, 3.63) is 22.8 Å². The highest BCUT2D eigenvalue weighted by atomic mass is 14.9. The quantitative estimate of drug-likeness (QED) is 0.869. The molecule has 0 saturated heterocycles. The molecule has 1 aromatic rings. The predicted molar refractivity (Wildman–Crippen MR) is 74.9 cm³/mol. The summed E-state index contributed by atoms with van der Waals surface area (Å²) < 4.78 is 0. The Kier molecular flexibility index (Phi) is 4.33. The number of hydrogen-bond donors (Lipinski definition) is 1. The number of aryl methyl sites for hydroxylation is 2. The molecule has 0 aliphatic heterocycles. The Bertz CT molecular complexity index is 385. The van der Waals surface area contributed by atoms with Crippen molar-refractivity contribution in [1.82, 2.24) is 15.3 Å². The highest BCUT2D eigenvalue weighted by Crippen LogP contribution is 2.34. The van der Waals surface area contributed by atoms with Gasteiger partial charge in [0, 0.05) is 23.3 Å². The molecule has 0 atom stereocenters. The van der Waals surface area contributed by atoms with Gasteiger partial charge in [-0.05, 0) is 45.2 Å². The molecule has 1 heterocycles. The van der Waals surface area contributed by atoms with Gasteiger partial charge in [0.15, 0.2) is 0 Å². The molecular weight excluding hydrogens is 222 g/mol. The largest absolute Gasteiger partial charge is 0.314 e. The molecule has 2 rings (SSSR count). The molecule has 0 radical (unpaired) electrons. The molecule has 1 aliphatic carbocycles. The molecule has 0 spiro atoms. The molecule has 3 heteroatoms. The van der Waals surface area contributed by atoms with E-state index in [-0.39, 0.29) is 0 Å². The predicted octanol–water partition coefficient (Wildman–Crippen LogP) is 2.90. The van der Waals surface area contributed by atoms with Crippen LogP contribution in [0, 0.1) is 13.8 Å². The fraction of sp³-hybridized carbons (Fsp3) is 0.733. The van der Waals surface area contributed by atoms with E-state index in [9.17, 15) is 0 Å². The van der Waals surface area contributed by atoms with Crippen molar-refractivity contribution >= 4 is 0 Å². The summed E-state index contributed by atoms with van der Waals surface area (Å²) in [6.45, 7) is 9.61. The van der Waals surface area contributed by atoms with Gasteiger partial charge in [-0.25, -0.2) is 9.97 Å². The number of rotatable bonds is 5. The van der Waals surface area contributed by atoms with E-state index in [1.54, 1.807) is 0 Å². The number of aromatic nitrogens is 2. The second-order valence-electron chi connectivity index (χ2n) is 5.72. The Balaban J connectivity index is 2.06. The molecule has 1 fully saturated rings. The lowest BCUT2D eigenvalue weighted by molar-refractivity contribution is 0.399. The van der Waals surface area contributed by atoms with Crippen molar-refractivity contribution in [2.24, 2.45) is 0 Å². The maximum absolute atomic E-state index is 4.71. The van der Waals surface area contributed by atoms with Crippen molar-refractivity contribution in [1.29, 1.82) is 0 Å². The molecule has 0 amide bonds. The van der Waals surface area contributed by atoms with Gasteiger partial charge in [0.25, 0.3) is 0 Å². The molecule has 1 saturated carbocycles. The van der Waals surface area contributed by atoms with Crippen LogP contribution in [0.3, 0.4) is 0 Å². The third-order valence-corrected chi connectivity index (χ3v) is 3.84. The molecule has 18 heavy (non-hydrogen) atoms. The van der Waals surface area contributed by atoms with Crippen LogP contribution in [0.1, 0.15) is 61.8 Å². The minimum Gasteiger partial charge on any atom is -0.314 e. The average molecular weight is 247 g/mol. The van der Waals surface area contributed by atoms with E-state index >= 15 is 0 Å². The Morgan fingerprint density at radius 2 is 1.78 bits per heavy atom. The van der Waals surface area contributed by atoms with Gasteiger partial charge in [0.1, 0.15) is 5.82 Å². The van der Waals surface area contributed by atoms with E-state index in [4.69, 9.17) is 9.97 Å². The minimum atomic E-state index is 0.542. The molecule has 1 aliphatic rings. The van der Waals surface area contributed by atoms with E-state index in [0.29, 0.717) is 12.0 Å². The lowest BCUT2D eigenvalue weighted by Gasteiger charge is -2.25. The smallest absolute Gasteiger partial charge is 0.131 e. The Labute approximate surface area is 110 Å². The zero-order valence-corrected chi connectivity index (χ0v) is 12.1. The van der Waals surface area contributed by atoms with Crippen molar-refractivity contribution < 1.29 is 0 Å². The second-order valence-corrected chi connectivity index (χ2v) is 5.72. The maximum atomic E-state index is 4.71. The normalized spacial score (nSPS) is 16.1. The van der Waals surface area contributed by atoms with Crippen LogP contribution < -0.4 is 5.32 Å². The standard InChI is InChI=1S/C15H25N3/c1-10(2)16-9-8-14-11(3)17-15(18-12(14)4)13-6-5-7-13/h10,13,16H,5-9H2,1-4H3. The summed E-state index contributed by atoms with van der Waals surface area (Å²) in [6, 6.07) is 0.542. The first-order chi connectivity index (χ1) is 8.58. The SMILES string of the molecule is Cc1nc(C2CCC2)nc(C)c1CCNC(C)C. The van der Waals surface area contributed by atoms with E-state index in [1.165, 1.54) is 36.2 Å². The van der Waals surface area contributed by atoms with E-state index in [1.807, 2.05) is 0 Å². The number of nitrogens with zero attached hydrogens (tertiary/aromatic N) is 2. The summed E-state index contributed by atoms with van der Waals surface area (Å²) in [5, 5.41) is 3.45. The van der Waals surface area contributed by atoms with E-state index in [0.717, 1.165) is 18.8 Å². The Morgan fingerprint density at radius 1 is 1.17 bits per heavy atom. The van der Waals surface area contributed by atoms with Gasteiger partial charge < -0.3 is 5.32 Å². The lowest BCUT2D eigenvalue weighted by atomic mass is 9.84. The van der Waals surface area contributed by atoms with Crippen LogP contribution in [0.4, 0.5) is 0 Å². The van der Waals surface area contributed by atoms with Gasteiger partial charge in [-0.1, -0.05) is 20.3 Å². The van der Waals surface area contributed by atoms with Gasteiger partial charge in [-0.3, -0.25) is 0 Å². The maximum Gasteiger partial charge on any atom is 0.131 e. The average Bonchev–Trinajstić information content (AvgIpc) is 2.19. The Hall–Kier alpha value is -0.960. The highest BCUT2D eigenvalue weighted by molar-refractivity contribution is 5.26.